The van der Waals surface area contributed by atoms with Crippen LogP contribution >= 0.6 is 0 Å². The van der Waals surface area contributed by atoms with Crippen molar-refractivity contribution in [3.8, 4) is 0 Å². The Kier molecular flexibility index (Phi) is 4.73. The molecule has 7 heteroatoms. The zero-order chi connectivity index (χ0) is 13.6. The first-order valence-electron chi connectivity index (χ1n) is 5.51. The third-order valence-electron chi connectivity index (χ3n) is 2.77. The number of nitrogens with zero attached hydrogens (tertiary/aromatic N) is 2. The Balaban J connectivity index is 3.14. The lowest BCUT2D eigenvalue weighted by molar-refractivity contribution is -0.811. The molecule has 0 aromatic heterocycles. The summed E-state index contributed by atoms with van der Waals surface area (Å²) in [6.45, 7) is -0.139. The van der Waals surface area contributed by atoms with Crippen LogP contribution in [0.1, 0.15) is 24.8 Å². The van der Waals surface area contributed by atoms with Gasteiger partial charge in [0, 0.05) is 6.61 Å². The van der Waals surface area contributed by atoms with E-state index in [-0.39, 0.29) is 25.0 Å². The fourth-order valence-electron chi connectivity index (χ4n) is 1.79. The van der Waals surface area contributed by atoms with Gasteiger partial charge in [0.25, 0.3) is 0 Å². The number of hydrogen-bond acceptors (Lipinski definition) is 5. The monoisotopic (exact) mass is 254 g/mol. The van der Waals surface area contributed by atoms with Crippen LogP contribution < -0.4 is 0 Å². The maximum Gasteiger partial charge on any atom is 0.484 e. The predicted molar refractivity (Wildman–Crippen MR) is 63.0 cm³/mol. The molecule has 0 spiro atoms. The van der Waals surface area contributed by atoms with Gasteiger partial charge in [-0.3, -0.25) is 20.2 Å². The summed E-state index contributed by atoms with van der Waals surface area (Å²) in [7, 11) is 0. The number of rotatable bonds is 7. The van der Waals surface area contributed by atoms with Crippen LogP contribution in [0.5, 0.6) is 0 Å². The summed E-state index contributed by atoms with van der Waals surface area (Å²) in [6, 6.07) is 7.46. The van der Waals surface area contributed by atoms with E-state index in [0.717, 1.165) is 0 Å². The second kappa shape index (κ2) is 6.06. The second-order valence-corrected chi connectivity index (χ2v) is 3.88. The molecule has 18 heavy (non-hydrogen) atoms. The Bertz CT molecular complexity index is 407. The highest BCUT2D eigenvalue weighted by Gasteiger charge is 2.57. The van der Waals surface area contributed by atoms with Crippen molar-refractivity contribution in [1.29, 1.82) is 0 Å². The van der Waals surface area contributed by atoms with E-state index in [4.69, 9.17) is 5.11 Å². The minimum atomic E-state index is -2.32. The average molecular weight is 254 g/mol. The zero-order valence-corrected chi connectivity index (χ0v) is 9.69. The molecule has 0 saturated carbocycles. The summed E-state index contributed by atoms with van der Waals surface area (Å²) >= 11 is 0. The van der Waals surface area contributed by atoms with Gasteiger partial charge in [-0.15, -0.1) is 0 Å². The lowest BCUT2D eigenvalue weighted by Gasteiger charge is -2.17. The SMILES string of the molecule is O=[N+]([O-])C(CCCCO)(c1ccccc1)[N+](=O)[O-]. The molecule has 1 aromatic carbocycles. The number of aliphatic hydroxyl groups is 1. The molecule has 0 radical (unpaired) electrons. The third kappa shape index (κ3) is 2.62. The van der Waals surface area contributed by atoms with Crippen molar-refractivity contribution in [3.63, 3.8) is 0 Å². The smallest absolute Gasteiger partial charge is 0.396 e. The van der Waals surface area contributed by atoms with Crippen LogP contribution in [0.4, 0.5) is 0 Å². The van der Waals surface area contributed by atoms with E-state index >= 15 is 0 Å². The van der Waals surface area contributed by atoms with Crippen LogP contribution in [0.2, 0.25) is 0 Å². The molecule has 1 rings (SSSR count). The van der Waals surface area contributed by atoms with Crippen LogP contribution in [-0.2, 0) is 5.66 Å². The van der Waals surface area contributed by atoms with Gasteiger partial charge in [0.05, 0.1) is 6.42 Å². The van der Waals surface area contributed by atoms with Gasteiger partial charge >= 0.3 is 5.66 Å². The molecule has 0 aliphatic rings. The topological polar surface area (TPSA) is 107 Å². The number of benzene rings is 1. The Morgan fingerprint density at radius 1 is 1.06 bits per heavy atom. The minimum Gasteiger partial charge on any atom is -0.396 e. The zero-order valence-electron chi connectivity index (χ0n) is 9.69. The summed E-state index contributed by atoms with van der Waals surface area (Å²) < 4.78 is 0. The summed E-state index contributed by atoms with van der Waals surface area (Å²) in [5.41, 5.74) is -2.27. The fraction of sp³-hybridized carbons (Fsp3) is 0.455. The van der Waals surface area contributed by atoms with Gasteiger partial charge in [0.2, 0.25) is 0 Å². The molecule has 0 bridgehead atoms. The second-order valence-electron chi connectivity index (χ2n) is 3.88. The normalized spacial score (nSPS) is 11.2. The Hall–Kier alpha value is -2.02. The van der Waals surface area contributed by atoms with E-state index in [1.807, 2.05) is 0 Å². The highest BCUT2D eigenvalue weighted by Crippen LogP contribution is 2.31. The van der Waals surface area contributed by atoms with Gasteiger partial charge in [-0.05, 0) is 25.0 Å². The maximum absolute atomic E-state index is 11.2. The lowest BCUT2D eigenvalue weighted by Crippen LogP contribution is -2.43. The van der Waals surface area contributed by atoms with E-state index in [9.17, 15) is 20.2 Å². The molecule has 0 saturated heterocycles. The number of hydrogen-bond donors (Lipinski definition) is 1. The molecule has 0 heterocycles. The molecule has 0 unspecified atom stereocenters. The van der Waals surface area contributed by atoms with E-state index in [2.05, 4.69) is 0 Å². The van der Waals surface area contributed by atoms with Crippen molar-refractivity contribution >= 4 is 0 Å². The van der Waals surface area contributed by atoms with E-state index < -0.39 is 15.5 Å². The predicted octanol–water partition coefficient (Wildman–Crippen LogP) is 1.56. The first-order valence-corrected chi connectivity index (χ1v) is 5.51. The Morgan fingerprint density at radius 3 is 2.06 bits per heavy atom. The first kappa shape index (κ1) is 14.0. The summed E-state index contributed by atoms with van der Waals surface area (Å²) in [5.74, 6) is 0. The van der Waals surface area contributed by atoms with Crippen molar-refractivity contribution in [2.45, 2.75) is 24.9 Å². The van der Waals surface area contributed by atoms with Gasteiger partial charge in [-0.2, -0.15) is 0 Å². The quantitative estimate of drug-likeness (QED) is 0.344. The standard InChI is InChI=1S/C11H14N2O5/c14-9-5-4-8-11(12(15)16,13(17)18)10-6-2-1-3-7-10/h1-3,6-7,14H,4-5,8-9H2. The first-order chi connectivity index (χ1) is 8.55. The van der Waals surface area contributed by atoms with Crippen LogP contribution in [-0.4, -0.2) is 21.6 Å². The molecule has 0 aliphatic heterocycles. The van der Waals surface area contributed by atoms with Crippen LogP contribution in [0.25, 0.3) is 0 Å². The molecule has 1 aromatic rings. The lowest BCUT2D eigenvalue weighted by atomic mass is 9.94. The van der Waals surface area contributed by atoms with Gasteiger partial charge in [0.15, 0.2) is 0 Å². The van der Waals surface area contributed by atoms with E-state index in [1.54, 1.807) is 6.07 Å². The Labute approximate surface area is 103 Å². The van der Waals surface area contributed by atoms with Gasteiger partial charge in [0.1, 0.15) is 15.4 Å². The molecule has 0 amide bonds. The van der Waals surface area contributed by atoms with Crippen LogP contribution in [0.15, 0.2) is 30.3 Å². The average Bonchev–Trinajstić information content (AvgIpc) is 2.35. The molecule has 0 fully saturated rings. The highest BCUT2D eigenvalue weighted by atomic mass is 16.7. The van der Waals surface area contributed by atoms with E-state index in [1.165, 1.54) is 24.3 Å². The van der Waals surface area contributed by atoms with Gasteiger partial charge < -0.3 is 5.11 Å². The van der Waals surface area contributed by atoms with Crippen LogP contribution in [0.3, 0.4) is 0 Å². The van der Waals surface area contributed by atoms with Crippen molar-refractivity contribution in [3.05, 3.63) is 56.1 Å². The van der Waals surface area contributed by atoms with Gasteiger partial charge in [-0.25, -0.2) is 0 Å². The maximum atomic E-state index is 11.2. The summed E-state index contributed by atoms with van der Waals surface area (Å²) in [4.78, 5) is 20.6. The van der Waals surface area contributed by atoms with Crippen molar-refractivity contribution in [2.24, 2.45) is 0 Å². The number of unbranched alkanes of at least 4 members (excludes halogenated alkanes) is 1. The van der Waals surface area contributed by atoms with Gasteiger partial charge in [-0.1, -0.05) is 18.2 Å². The molecule has 1 N–H and O–H groups in total. The molecule has 7 nitrogen and oxygen atoms in total. The van der Waals surface area contributed by atoms with Crippen LogP contribution in [0, 0.1) is 20.2 Å². The number of nitro groups is 2. The molecule has 0 atom stereocenters. The molecular formula is C11H14N2O5. The highest BCUT2D eigenvalue weighted by molar-refractivity contribution is 5.19. The summed E-state index contributed by atoms with van der Waals surface area (Å²) in [6.07, 6.45) is 0.279. The summed E-state index contributed by atoms with van der Waals surface area (Å²) in [5, 5.41) is 31.0. The Morgan fingerprint density at radius 2 is 1.61 bits per heavy atom. The largest absolute Gasteiger partial charge is 0.484 e. The third-order valence-corrected chi connectivity index (χ3v) is 2.77. The molecule has 0 aliphatic carbocycles. The van der Waals surface area contributed by atoms with Crippen molar-refractivity contribution in [2.75, 3.05) is 6.61 Å². The van der Waals surface area contributed by atoms with E-state index in [0.29, 0.717) is 6.42 Å². The molecular weight excluding hydrogens is 240 g/mol. The van der Waals surface area contributed by atoms with Crippen molar-refractivity contribution in [1.82, 2.24) is 0 Å². The number of aliphatic hydroxyl groups excluding tert-OH is 1. The van der Waals surface area contributed by atoms with Crippen molar-refractivity contribution < 1.29 is 15.0 Å². The minimum absolute atomic E-state index is 0.0536. The fourth-order valence-corrected chi connectivity index (χ4v) is 1.79. The molecule has 98 valence electrons.